The molecule has 0 saturated carbocycles. The molecule has 0 radical (unpaired) electrons. The maximum atomic E-state index is 13.1. The highest BCUT2D eigenvalue weighted by Gasteiger charge is 2.21. The van der Waals surface area contributed by atoms with Gasteiger partial charge in [-0.25, -0.2) is 4.98 Å². The number of aryl methyl sites for hydroxylation is 2. The Kier molecular flexibility index (Phi) is 5.12. The molecule has 130 valence electrons. The highest BCUT2D eigenvalue weighted by molar-refractivity contribution is 5.94. The molecule has 3 aromatic heterocycles. The van der Waals surface area contributed by atoms with Crippen molar-refractivity contribution < 1.29 is 4.79 Å². The van der Waals surface area contributed by atoms with Crippen molar-refractivity contribution in [1.82, 2.24) is 19.3 Å². The maximum Gasteiger partial charge on any atom is 0.272 e. The topological polar surface area (TPSA) is 50.5 Å². The molecule has 3 aromatic rings. The third-order valence-corrected chi connectivity index (χ3v) is 4.36. The Hall–Kier alpha value is -2.69. The van der Waals surface area contributed by atoms with Gasteiger partial charge in [-0.3, -0.25) is 14.2 Å². The average Bonchev–Trinajstić information content (AvgIpc) is 2.97. The Balaban J connectivity index is 1.87. The Morgan fingerprint density at radius 3 is 2.64 bits per heavy atom. The summed E-state index contributed by atoms with van der Waals surface area (Å²) in [6, 6.07) is 7.97. The molecular weight excluding hydrogens is 312 g/mol. The lowest BCUT2D eigenvalue weighted by atomic mass is 10.1. The van der Waals surface area contributed by atoms with Crippen molar-refractivity contribution in [2.45, 2.75) is 33.1 Å². The number of carbonyl (C=O) groups excluding carboxylic acids is 1. The van der Waals surface area contributed by atoms with Crippen molar-refractivity contribution in [2.24, 2.45) is 0 Å². The zero-order chi connectivity index (χ0) is 17.8. The van der Waals surface area contributed by atoms with Gasteiger partial charge in [0.15, 0.2) is 0 Å². The number of nitrogens with zero attached hydrogens (tertiary/aromatic N) is 4. The molecule has 0 aliphatic rings. The quantitative estimate of drug-likeness (QED) is 0.694. The van der Waals surface area contributed by atoms with E-state index < -0.39 is 0 Å². The minimum Gasteiger partial charge on any atom is -0.340 e. The third kappa shape index (κ3) is 3.71. The minimum absolute atomic E-state index is 0.0237. The molecule has 0 unspecified atom stereocenters. The van der Waals surface area contributed by atoms with Crippen LogP contribution in [0, 0.1) is 6.92 Å². The van der Waals surface area contributed by atoms with Gasteiger partial charge in [0.05, 0.1) is 5.69 Å². The molecule has 25 heavy (non-hydrogen) atoms. The van der Waals surface area contributed by atoms with Crippen LogP contribution in [-0.4, -0.2) is 38.8 Å². The van der Waals surface area contributed by atoms with Gasteiger partial charge in [-0.05, 0) is 49.1 Å². The first-order chi connectivity index (χ1) is 12.1. The summed E-state index contributed by atoms with van der Waals surface area (Å²) < 4.78 is 1.94. The second-order valence-corrected chi connectivity index (χ2v) is 6.42. The third-order valence-electron chi connectivity index (χ3n) is 4.36. The lowest BCUT2D eigenvalue weighted by Gasteiger charge is -2.18. The number of amides is 1. The van der Waals surface area contributed by atoms with Gasteiger partial charge in [0.25, 0.3) is 5.91 Å². The van der Waals surface area contributed by atoms with Crippen LogP contribution in [0.5, 0.6) is 0 Å². The van der Waals surface area contributed by atoms with Crippen LogP contribution in [0.4, 0.5) is 0 Å². The van der Waals surface area contributed by atoms with Gasteiger partial charge in [-0.15, -0.1) is 0 Å². The number of aromatic nitrogens is 3. The predicted octanol–water partition coefficient (Wildman–Crippen LogP) is 3.30. The van der Waals surface area contributed by atoms with E-state index >= 15 is 0 Å². The molecule has 0 spiro atoms. The van der Waals surface area contributed by atoms with Gasteiger partial charge in [0.1, 0.15) is 11.3 Å². The summed E-state index contributed by atoms with van der Waals surface area (Å²) in [5.74, 6) is 0.0237. The summed E-state index contributed by atoms with van der Waals surface area (Å²) in [6.45, 7) is 4.80. The van der Waals surface area contributed by atoms with E-state index in [9.17, 15) is 4.79 Å². The smallest absolute Gasteiger partial charge is 0.272 e. The van der Waals surface area contributed by atoms with E-state index in [0.717, 1.165) is 36.2 Å². The first-order valence-corrected chi connectivity index (χ1v) is 8.72. The molecule has 0 aliphatic heterocycles. The van der Waals surface area contributed by atoms with Crippen LogP contribution in [0.25, 0.3) is 5.65 Å². The van der Waals surface area contributed by atoms with Gasteiger partial charge in [0.2, 0.25) is 0 Å². The van der Waals surface area contributed by atoms with Gasteiger partial charge in [-0.1, -0.05) is 19.4 Å². The second-order valence-electron chi connectivity index (χ2n) is 6.42. The number of imidazole rings is 1. The van der Waals surface area contributed by atoms with Crippen LogP contribution in [0.3, 0.4) is 0 Å². The zero-order valence-electron chi connectivity index (χ0n) is 15.1. The van der Waals surface area contributed by atoms with Crippen molar-refractivity contribution in [2.75, 3.05) is 13.6 Å². The average molecular weight is 336 g/mol. The highest BCUT2D eigenvalue weighted by atomic mass is 16.2. The van der Waals surface area contributed by atoms with Gasteiger partial charge in [0, 0.05) is 32.2 Å². The Morgan fingerprint density at radius 1 is 1.16 bits per heavy atom. The fourth-order valence-corrected chi connectivity index (χ4v) is 2.97. The van der Waals surface area contributed by atoms with E-state index in [4.69, 9.17) is 0 Å². The normalized spacial score (nSPS) is 11.0. The SMILES string of the molecule is CCCc1nc2ccc(C)cn2c1C(=O)N(C)CCc1ccncc1. The zero-order valence-corrected chi connectivity index (χ0v) is 15.1. The molecule has 0 bridgehead atoms. The molecule has 0 fully saturated rings. The Morgan fingerprint density at radius 2 is 1.92 bits per heavy atom. The largest absolute Gasteiger partial charge is 0.340 e. The van der Waals surface area contributed by atoms with Crippen molar-refractivity contribution in [1.29, 1.82) is 0 Å². The summed E-state index contributed by atoms with van der Waals surface area (Å²) in [6.07, 6.45) is 8.13. The molecule has 0 N–H and O–H groups in total. The van der Waals surface area contributed by atoms with Gasteiger partial charge >= 0.3 is 0 Å². The summed E-state index contributed by atoms with van der Waals surface area (Å²) in [4.78, 5) is 23.6. The number of carbonyl (C=O) groups is 1. The number of hydrogen-bond donors (Lipinski definition) is 0. The molecule has 0 aliphatic carbocycles. The van der Waals surface area contributed by atoms with E-state index in [1.54, 1.807) is 17.3 Å². The van der Waals surface area contributed by atoms with E-state index in [0.29, 0.717) is 12.2 Å². The van der Waals surface area contributed by atoms with Crippen molar-refractivity contribution in [3.8, 4) is 0 Å². The van der Waals surface area contributed by atoms with E-state index in [1.165, 1.54) is 5.56 Å². The van der Waals surface area contributed by atoms with E-state index in [-0.39, 0.29) is 5.91 Å². The standard InChI is InChI=1S/C20H24N4O/c1-4-5-17-19(24-14-15(2)6-7-18(24)22-17)20(25)23(3)13-10-16-8-11-21-12-9-16/h6-9,11-12,14H,4-5,10,13H2,1-3H3. The molecule has 1 amide bonds. The van der Waals surface area contributed by atoms with Gasteiger partial charge < -0.3 is 4.90 Å². The molecule has 3 rings (SSSR count). The number of fused-ring (bicyclic) bond motifs is 1. The fraction of sp³-hybridized carbons (Fsp3) is 0.350. The highest BCUT2D eigenvalue weighted by Crippen LogP contribution is 2.17. The monoisotopic (exact) mass is 336 g/mol. The maximum absolute atomic E-state index is 13.1. The van der Waals surface area contributed by atoms with Crippen LogP contribution in [-0.2, 0) is 12.8 Å². The van der Waals surface area contributed by atoms with Crippen LogP contribution in [0.2, 0.25) is 0 Å². The summed E-state index contributed by atoms with van der Waals surface area (Å²) >= 11 is 0. The predicted molar refractivity (Wildman–Crippen MR) is 98.8 cm³/mol. The molecule has 3 heterocycles. The van der Waals surface area contributed by atoms with Crippen LogP contribution in [0.15, 0.2) is 42.9 Å². The molecule has 0 saturated heterocycles. The van der Waals surface area contributed by atoms with E-state index in [1.807, 2.05) is 48.8 Å². The van der Waals surface area contributed by atoms with Gasteiger partial charge in [-0.2, -0.15) is 0 Å². The number of rotatable bonds is 6. The van der Waals surface area contributed by atoms with Crippen LogP contribution < -0.4 is 0 Å². The molecule has 5 nitrogen and oxygen atoms in total. The number of likely N-dealkylation sites (N-methyl/N-ethyl adjacent to an activating group) is 1. The lowest BCUT2D eigenvalue weighted by Crippen LogP contribution is -2.30. The van der Waals surface area contributed by atoms with Crippen LogP contribution in [0.1, 0.15) is 40.7 Å². The first kappa shape index (κ1) is 17.1. The minimum atomic E-state index is 0.0237. The fourth-order valence-electron chi connectivity index (χ4n) is 2.97. The van der Waals surface area contributed by atoms with Crippen molar-refractivity contribution >= 4 is 11.6 Å². The van der Waals surface area contributed by atoms with Crippen LogP contribution >= 0.6 is 0 Å². The van der Waals surface area contributed by atoms with Crippen molar-refractivity contribution in [3.63, 3.8) is 0 Å². The number of pyridine rings is 2. The van der Waals surface area contributed by atoms with E-state index in [2.05, 4.69) is 16.9 Å². The number of hydrogen-bond acceptors (Lipinski definition) is 3. The summed E-state index contributed by atoms with van der Waals surface area (Å²) in [5.41, 5.74) is 4.70. The van der Waals surface area contributed by atoms with Crippen molar-refractivity contribution in [3.05, 3.63) is 65.4 Å². The summed E-state index contributed by atoms with van der Waals surface area (Å²) in [5, 5.41) is 0. The first-order valence-electron chi connectivity index (χ1n) is 8.72. The summed E-state index contributed by atoms with van der Waals surface area (Å²) in [7, 11) is 1.86. The Bertz CT molecular complexity index is 870. The molecular formula is C20H24N4O. The molecule has 5 heteroatoms. The molecule has 0 aromatic carbocycles. The Labute approximate surface area is 148 Å². The lowest BCUT2D eigenvalue weighted by molar-refractivity contribution is 0.0788. The molecule has 0 atom stereocenters. The second kappa shape index (κ2) is 7.47.